The van der Waals surface area contributed by atoms with Crippen molar-refractivity contribution in [1.82, 2.24) is 9.78 Å². The van der Waals surface area contributed by atoms with Gasteiger partial charge in [0.15, 0.2) is 0 Å². The van der Waals surface area contributed by atoms with Gasteiger partial charge in [-0.1, -0.05) is 65.3 Å². The maximum absolute atomic E-state index is 6.14. The van der Waals surface area contributed by atoms with Gasteiger partial charge in [0.1, 0.15) is 5.03 Å². The average molecular weight is 393 g/mol. The highest BCUT2D eigenvalue weighted by molar-refractivity contribution is 7.99. The molecule has 0 saturated heterocycles. The molecule has 0 radical (unpaired) electrons. The van der Waals surface area contributed by atoms with Gasteiger partial charge in [-0.15, -0.1) is 0 Å². The Balaban J connectivity index is 1.99. The van der Waals surface area contributed by atoms with E-state index in [1.54, 1.807) is 24.9 Å². The van der Waals surface area contributed by atoms with Crippen molar-refractivity contribution in [3.05, 3.63) is 75.4 Å². The van der Waals surface area contributed by atoms with Crippen LogP contribution in [0.15, 0.2) is 58.5 Å². The Bertz CT molecular complexity index is 845. The van der Waals surface area contributed by atoms with Crippen molar-refractivity contribution < 1.29 is 4.74 Å². The molecule has 0 saturated carbocycles. The number of ether oxygens (including phenoxy) is 1. The van der Waals surface area contributed by atoms with E-state index in [0.717, 1.165) is 27.6 Å². The molecular formula is C19H18Cl2N2OS. The Hall–Kier alpha value is -1.46. The van der Waals surface area contributed by atoms with Crippen molar-refractivity contribution in [3.63, 3.8) is 0 Å². The van der Waals surface area contributed by atoms with Gasteiger partial charge in [-0.2, -0.15) is 5.10 Å². The van der Waals surface area contributed by atoms with Gasteiger partial charge in [0.05, 0.1) is 12.3 Å². The van der Waals surface area contributed by atoms with Gasteiger partial charge in [-0.3, -0.25) is 4.68 Å². The summed E-state index contributed by atoms with van der Waals surface area (Å²) in [6, 6.07) is 15.9. The first-order chi connectivity index (χ1) is 12.1. The van der Waals surface area contributed by atoms with Gasteiger partial charge in [0.25, 0.3) is 0 Å². The molecule has 0 fully saturated rings. The fourth-order valence-electron chi connectivity index (χ4n) is 2.66. The first-order valence-electron chi connectivity index (χ1n) is 7.78. The van der Waals surface area contributed by atoms with E-state index in [-0.39, 0.29) is 0 Å². The molecular weight excluding hydrogens is 375 g/mol. The smallest absolute Gasteiger partial charge is 0.102 e. The van der Waals surface area contributed by atoms with Gasteiger partial charge in [0, 0.05) is 41.1 Å². The van der Waals surface area contributed by atoms with Crippen LogP contribution in [0.2, 0.25) is 10.0 Å². The lowest BCUT2D eigenvalue weighted by molar-refractivity contribution is 0.180. The van der Waals surface area contributed by atoms with E-state index in [1.165, 1.54) is 5.56 Å². The monoisotopic (exact) mass is 392 g/mol. The first-order valence-corrected chi connectivity index (χ1v) is 9.35. The van der Waals surface area contributed by atoms with E-state index in [2.05, 4.69) is 17.2 Å². The molecule has 0 aliphatic rings. The predicted molar refractivity (Wildman–Crippen MR) is 104 cm³/mol. The molecule has 0 bridgehead atoms. The van der Waals surface area contributed by atoms with Gasteiger partial charge < -0.3 is 4.74 Å². The fourth-order valence-corrected chi connectivity index (χ4v) is 4.40. The van der Waals surface area contributed by atoms with Crippen LogP contribution in [-0.4, -0.2) is 16.9 Å². The number of hydrogen-bond donors (Lipinski definition) is 0. The number of aromatic nitrogens is 2. The summed E-state index contributed by atoms with van der Waals surface area (Å²) in [7, 11) is 3.63. The molecule has 1 heterocycles. The van der Waals surface area contributed by atoms with Gasteiger partial charge in [-0.05, 0) is 23.8 Å². The Labute approximate surface area is 161 Å². The molecule has 2 aromatic carbocycles. The Kier molecular flexibility index (Phi) is 6.07. The number of nitrogens with zero attached hydrogens (tertiary/aromatic N) is 2. The summed E-state index contributed by atoms with van der Waals surface area (Å²) < 4.78 is 7.23. The third kappa shape index (κ3) is 4.59. The SMILES string of the molecule is COCc1nn(C)c(Sc2cc(Cl)cc(Cl)c2)c1Cc1ccccc1. The van der Waals surface area contributed by atoms with Crippen LogP contribution in [0.25, 0.3) is 0 Å². The number of aryl methyl sites for hydroxylation is 1. The quantitative estimate of drug-likeness (QED) is 0.544. The van der Waals surface area contributed by atoms with Crippen molar-refractivity contribution in [3.8, 4) is 0 Å². The van der Waals surface area contributed by atoms with E-state index < -0.39 is 0 Å². The molecule has 0 atom stereocenters. The molecule has 0 aliphatic heterocycles. The molecule has 6 heteroatoms. The first kappa shape index (κ1) is 18.3. The second-order valence-electron chi connectivity index (χ2n) is 5.66. The largest absolute Gasteiger partial charge is 0.378 e. The minimum absolute atomic E-state index is 0.479. The lowest BCUT2D eigenvalue weighted by atomic mass is 10.1. The second-order valence-corrected chi connectivity index (χ2v) is 7.59. The Morgan fingerprint density at radius 1 is 1.08 bits per heavy atom. The van der Waals surface area contributed by atoms with Crippen LogP contribution in [0.1, 0.15) is 16.8 Å². The van der Waals surface area contributed by atoms with E-state index in [9.17, 15) is 0 Å². The highest BCUT2D eigenvalue weighted by Gasteiger charge is 2.18. The van der Waals surface area contributed by atoms with Gasteiger partial charge in [-0.25, -0.2) is 0 Å². The zero-order chi connectivity index (χ0) is 17.8. The summed E-state index contributed by atoms with van der Waals surface area (Å²) in [6.45, 7) is 0.479. The summed E-state index contributed by atoms with van der Waals surface area (Å²) in [5.41, 5.74) is 3.35. The molecule has 0 aliphatic carbocycles. The Morgan fingerprint density at radius 2 is 1.76 bits per heavy atom. The zero-order valence-corrected chi connectivity index (χ0v) is 16.3. The maximum Gasteiger partial charge on any atom is 0.102 e. The van der Waals surface area contributed by atoms with Crippen LogP contribution in [-0.2, 0) is 24.8 Å². The van der Waals surface area contributed by atoms with E-state index in [4.69, 9.17) is 27.9 Å². The third-order valence-corrected chi connectivity index (χ3v) is 5.34. The number of halogens is 2. The molecule has 0 unspecified atom stereocenters. The van der Waals surface area contributed by atoms with Crippen LogP contribution < -0.4 is 0 Å². The van der Waals surface area contributed by atoms with Crippen molar-refractivity contribution in [2.45, 2.75) is 22.9 Å². The Morgan fingerprint density at radius 3 is 2.40 bits per heavy atom. The van der Waals surface area contributed by atoms with Crippen LogP contribution in [0, 0.1) is 0 Å². The van der Waals surface area contributed by atoms with Gasteiger partial charge >= 0.3 is 0 Å². The molecule has 0 amide bonds. The molecule has 1 aromatic heterocycles. The lowest BCUT2D eigenvalue weighted by Gasteiger charge is -2.08. The highest BCUT2D eigenvalue weighted by Crippen LogP contribution is 2.36. The number of rotatable bonds is 6. The van der Waals surface area contributed by atoms with Crippen molar-refractivity contribution in [2.75, 3.05) is 7.11 Å². The average Bonchev–Trinajstić information content (AvgIpc) is 2.84. The van der Waals surface area contributed by atoms with Crippen LogP contribution in [0.4, 0.5) is 0 Å². The van der Waals surface area contributed by atoms with Crippen LogP contribution in [0.3, 0.4) is 0 Å². The number of hydrogen-bond acceptors (Lipinski definition) is 3. The molecule has 0 N–H and O–H groups in total. The minimum Gasteiger partial charge on any atom is -0.378 e. The topological polar surface area (TPSA) is 27.1 Å². The summed E-state index contributed by atoms with van der Waals surface area (Å²) in [6.07, 6.45) is 0.796. The standard InChI is InChI=1S/C19H18Cl2N2OS/c1-23-19(25-16-10-14(20)9-15(21)11-16)17(18(22-23)12-24-2)8-13-6-4-3-5-7-13/h3-7,9-11H,8,12H2,1-2H3. The second kappa shape index (κ2) is 8.28. The summed E-state index contributed by atoms with van der Waals surface area (Å²) >= 11 is 13.9. The molecule has 0 spiro atoms. The predicted octanol–water partition coefficient (Wildman–Crippen LogP) is 5.62. The lowest BCUT2D eigenvalue weighted by Crippen LogP contribution is -1.96. The highest BCUT2D eigenvalue weighted by atomic mass is 35.5. The molecule has 3 nitrogen and oxygen atoms in total. The summed E-state index contributed by atoms with van der Waals surface area (Å²) in [4.78, 5) is 0.985. The van der Waals surface area contributed by atoms with E-state index in [1.807, 2.05) is 42.1 Å². The van der Waals surface area contributed by atoms with E-state index in [0.29, 0.717) is 16.7 Å². The number of benzene rings is 2. The molecule has 25 heavy (non-hydrogen) atoms. The van der Waals surface area contributed by atoms with Crippen molar-refractivity contribution in [2.24, 2.45) is 7.05 Å². The zero-order valence-electron chi connectivity index (χ0n) is 14.0. The summed E-state index contributed by atoms with van der Waals surface area (Å²) in [5.74, 6) is 0. The normalized spacial score (nSPS) is 11.0. The molecule has 130 valence electrons. The third-order valence-electron chi connectivity index (χ3n) is 3.73. The van der Waals surface area contributed by atoms with Crippen LogP contribution in [0.5, 0.6) is 0 Å². The van der Waals surface area contributed by atoms with E-state index >= 15 is 0 Å². The minimum atomic E-state index is 0.479. The van der Waals surface area contributed by atoms with Crippen LogP contribution >= 0.6 is 35.0 Å². The summed E-state index contributed by atoms with van der Waals surface area (Å²) in [5, 5.41) is 6.95. The molecule has 3 aromatic rings. The fraction of sp³-hybridized carbons (Fsp3) is 0.211. The maximum atomic E-state index is 6.14. The molecule has 3 rings (SSSR count). The van der Waals surface area contributed by atoms with Crippen molar-refractivity contribution in [1.29, 1.82) is 0 Å². The number of methoxy groups -OCH3 is 1. The van der Waals surface area contributed by atoms with Gasteiger partial charge in [0.2, 0.25) is 0 Å². The van der Waals surface area contributed by atoms with Crippen molar-refractivity contribution >= 4 is 35.0 Å².